The molecule has 0 atom stereocenters. The fourth-order valence-electron chi connectivity index (χ4n) is 1.46. The van der Waals surface area contributed by atoms with E-state index >= 15 is 0 Å². The molecular formula is C14H11N3O2. The number of nitrogens with one attached hydrogen (secondary N) is 1. The molecule has 19 heavy (non-hydrogen) atoms. The van der Waals surface area contributed by atoms with Gasteiger partial charge >= 0.3 is 6.09 Å². The first-order chi connectivity index (χ1) is 9.29. The van der Waals surface area contributed by atoms with E-state index in [-0.39, 0.29) is 6.61 Å². The average molecular weight is 253 g/mol. The highest BCUT2D eigenvalue weighted by Crippen LogP contribution is 2.12. The fraction of sp³-hybridized carbons (Fsp3) is 0.0714. The predicted octanol–water partition coefficient (Wildman–Crippen LogP) is 2.70. The third-order valence-corrected chi connectivity index (χ3v) is 2.39. The number of aromatic nitrogens is 1. The Bertz CT molecular complexity index is 606. The van der Waals surface area contributed by atoms with Gasteiger partial charge in [-0.3, -0.25) is 10.3 Å². The topological polar surface area (TPSA) is 75.0 Å². The van der Waals surface area contributed by atoms with Crippen LogP contribution in [0.1, 0.15) is 11.1 Å². The monoisotopic (exact) mass is 253 g/mol. The first-order valence-electron chi connectivity index (χ1n) is 5.61. The Morgan fingerprint density at radius 3 is 2.84 bits per heavy atom. The number of nitriles is 1. The second kappa shape index (κ2) is 6.17. The van der Waals surface area contributed by atoms with E-state index in [1.807, 2.05) is 36.4 Å². The molecule has 0 spiro atoms. The number of hydrogen-bond acceptors (Lipinski definition) is 4. The van der Waals surface area contributed by atoms with Crippen LogP contribution in [0.25, 0.3) is 0 Å². The molecule has 1 amide bonds. The molecule has 0 fully saturated rings. The van der Waals surface area contributed by atoms with E-state index < -0.39 is 6.09 Å². The van der Waals surface area contributed by atoms with Crippen molar-refractivity contribution in [1.29, 1.82) is 5.26 Å². The van der Waals surface area contributed by atoms with Crippen LogP contribution < -0.4 is 5.32 Å². The molecule has 94 valence electrons. The van der Waals surface area contributed by atoms with Gasteiger partial charge in [-0.15, -0.1) is 0 Å². The number of carbonyl (C=O) groups is 1. The Morgan fingerprint density at radius 1 is 1.32 bits per heavy atom. The van der Waals surface area contributed by atoms with Gasteiger partial charge in [0, 0.05) is 12.4 Å². The standard InChI is InChI=1S/C14H11N3O2/c15-8-12-9-16-7-6-13(12)17-14(18)19-10-11-4-2-1-3-5-11/h1-7,9H,10H2,(H,16,17,18). The normalized spacial score (nSPS) is 9.42. The summed E-state index contributed by atoms with van der Waals surface area (Å²) in [6, 6.07) is 12.8. The van der Waals surface area contributed by atoms with Gasteiger partial charge < -0.3 is 4.74 Å². The number of rotatable bonds is 3. The molecule has 1 aromatic carbocycles. The van der Waals surface area contributed by atoms with Crippen LogP contribution in [0.2, 0.25) is 0 Å². The van der Waals surface area contributed by atoms with E-state index in [0.29, 0.717) is 11.3 Å². The van der Waals surface area contributed by atoms with Crippen molar-refractivity contribution >= 4 is 11.8 Å². The summed E-state index contributed by atoms with van der Waals surface area (Å²) >= 11 is 0. The van der Waals surface area contributed by atoms with Crippen molar-refractivity contribution < 1.29 is 9.53 Å². The van der Waals surface area contributed by atoms with Crippen LogP contribution >= 0.6 is 0 Å². The molecule has 2 aromatic rings. The number of benzene rings is 1. The highest BCUT2D eigenvalue weighted by atomic mass is 16.5. The third-order valence-electron chi connectivity index (χ3n) is 2.39. The van der Waals surface area contributed by atoms with Crippen LogP contribution in [0.4, 0.5) is 10.5 Å². The average Bonchev–Trinajstić information content (AvgIpc) is 2.47. The van der Waals surface area contributed by atoms with Crippen molar-refractivity contribution in [1.82, 2.24) is 4.98 Å². The zero-order valence-electron chi connectivity index (χ0n) is 10.0. The number of carbonyl (C=O) groups excluding carboxylic acids is 1. The van der Waals surface area contributed by atoms with Gasteiger partial charge in [0.05, 0.1) is 11.3 Å². The van der Waals surface area contributed by atoms with Crippen LogP contribution in [0, 0.1) is 11.3 Å². The van der Waals surface area contributed by atoms with Gasteiger partial charge in [-0.05, 0) is 11.6 Å². The van der Waals surface area contributed by atoms with E-state index in [1.54, 1.807) is 6.07 Å². The first kappa shape index (κ1) is 12.6. The molecule has 1 N–H and O–H groups in total. The number of hydrogen-bond donors (Lipinski definition) is 1. The van der Waals surface area contributed by atoms with Gasteiger partial charge in [0.1, 0.15) is 12.7 Å². The van der Waals surface area contributed by atoms with Crippen molar-refractivity contribution in [3.63, 3.8) is 0 Å². The summed E-state index contributed by atoms with van der Waals surface area (Å²) in [6.07, 6.45) is 2.27. The summed E-state index contributed by atoms with van der Waals surface area (Å²) in [5, 5.41) is 11.4. The molecule has 0 saturated heterocycles. The Balaban J connectivity index is 1.93. The first-order valence-corrected chi connectivity index (χ1v) is 5.61. The Kier molecular flexibility index (Phi) is 4.09. The lowest BCUT2D eigenvalue weighted by molar-refractivity contribution is 0.155. The minimum Gasteiger partial charge on any atom is -0.444 e. The minimum atomic E-state index is -0.605. The fourth-order valence-corrected chi connectivity index (χ4v) is 1.46. The Morgan fingerprint density at radius 2 is 2.11 bits per heavy atom. The van der Waals surface area contributed by atoms with Gasteiger partial charge in [0.15, 0.2) is 0 Å². The molecule has 5 nitrogen and oxygen atoms in total. The molecule has 0 aliphatic carbocycles. The number of nitrogens with zero attached hydrogens (tertiary/aromatic N) is 2. The van der Waals surface area contributed by atoms with Crippen LogP contribution in [0.15, 0.2) is 48.8 Å². The molecule has 0 saturated carbocycles. The maximum Gasteiger partial charge on any atom is 0.411 e. The molecule has 2 rings (SSSR count). The molecule has 5 heteroatoms. The molecule has 0 unspecified atom stereocenters. The van der Waals surface area contributed by atoms with Crippen molar-refractivity contribution in [3.8, 4) is 6.07 Å². The van der Waals surface area contributed by atoms with Gasteiger partial charge in [-0.1, -0.05) is 30.3 Å². The van der Waals surface area contributed by atoms with E-state index in [0.717, 1.165) is 5.56 Å². The molecule has 0 radical (unpaired) electrons. The predicted molar refractivity (Wildman–Crippen MR) is 69.2 cm³/mol. The molecule has 0 aliphatic heterocycles. The van der Waals surface area contributed by atoms with Crippen LogP contribution in [-0.2, 0) is 11.3 Å². The van der Waals surface area contributed by atoms with Crippen molar-refractivity contribution in [2.45, 2.75) is 6.61 Å². The van der Waals surface area contributed by atoms with Crippen LogP contribution in [0.5, 0.6) is 0 Å². The Hall–Kier alpha value is -2.87. The molecule has 0 aliphatic rings. The number of ether oxygens (including phenoxy) is 1. The Labute approximate surface area is 110 Å². The van der Waals surface area contributed by atoms with E-state index in [2.05, 4.69) is 10.3 Å². The largest absolute Gasteiger partial charge is 0.444 e. The SMILES string of the molecule is N#Cc1cnccc1NC(=O)OCc1ccccc1. The highest BCUT2D eigenvalue weighted by molar-refractivity contribution is 5.86. The van der Waals surface area contributed by atoms with Gasteiger partial charge in [-0.2, -0.15) is 5.26 Å². The van der Waals surface area contributed by atoms with E-state index in [4.69, 9.17) is 10.00 Å². The summed E-state index contributed by atoms with van der Waals surface area (Å²) in [6.45, 7) is 0.180. The highest BCUT2D eigenvalue weighted by Gasteiger charge is 2.07. The minimum absolute atomic E-state index is 0.180. The zero-order valence-corrected chi connectivity index (χ0v) is 10.0. The summed E-state index contributed by atoms with van der Waals surface area (Å²) in [5.41, 5.74) is 1.57. The lowest BCUT2D eigenvalue weighted by atomic mass is 10.2. The summed E-state index contributed by atoms with van der Waals surface area (Å²) < 4.78 is 5.05. The summed E-state index contributed by atoms with van der Waals surface area (Å²) in [7, 11) is 0. The zero-order chi connectivity index (χ0) is 13.5. The van der Waals surface area contributed by atoms with E-state index in [1.165, 1.54) is 12.4 Å². The molecular weight excluding hydrogens is 242 g/mol. The summed E-state index contributed by atoms with van der Waals surface area (Å²) in [5.74, 6) is 0. The third kappa shape index (κ3) is 3.54. The van der Waals surface area contributed by atoms with Crippen molar-refractivity contribution in [2.75, 3.05) is 5.32 Å². The molecule has 1 heterocycles. The quantitative estimate of drug-likeness (QED) is 0.912. The van der Waals surface area contributed by atoms with Gasteiger partial charge in [-0.25, -0.2) is 4.79 Å². The molecule has 0 bridgehead atoms. The number of amides is 1. The maximum absolute atomic E-state index is 11.6. The lowest BCUT2D eigenvalue weighted by Gasteiger charge is -2.07. The van der Waals surface area contributed by atoms with Crippen LogP contribution in [-0.4, -0.2) is 11.1 Å². The second-order valence-corrected chi connectivity index (χ2v) is 3.72. The maximum atomic E-state index is 11.6. The summed E-state index contributed by atoms with van der Waals surface area (Å²) in [4.78, 5) is 15.4. The molecule has 1 aromatic heterocycles. The second-order valence-electron chi connectivity index (χ2n) is 3.72. The number of pyridine rings is 1. The van der Waals surface area contributed by atoms with Crippen LogP contribution in [0.3, 0.4) is 0 Å². The lowest BCUT2D eigenvalue weighted by Crippen LogP contribution is -2.14. The van der Waals surface area contributed by atoms with Gasteiger partial charge in [0.2, 0.25) is 0 Å². The number of anilines is 1. The van der Waals surface area contributed by atoms with Gasteiger partial charge in [0.25, 0.3) is 0 Å². The van der Waals surface area contributed by atoms with Crippen molar-refractivity contribution in [2.24, 2.45) is 0 Å². The smallest absolute Gasteiger partial charge is 0.411 e. The van der Waals surface area contributed by atoms with Crippen molar-refractivity contribution in [3.05, 3.63) is 59.9 Å². The van der Waals surface area contributed by atoms with E-state index in [9.17, 15) is 4.79 Å².